The molecular weight excluding hydrogens is 492 g/mol. The van der Waals surface area contributed by atoms with Crippen LogP contribution in [0.25, 0.3) is 10.2 Å². The minimum atomic E-state index is -0.865. The van der Waals surface area contributed by atoms with E-state index in [-0.39, 0.29) is 43.4 Å². The quantitative estimate of drug-likeness (QED) is 0.334. The summed E-state index contributed by atoms with van der Waals surface area (Å²) in [7, 11) is 1.78. The molecule has 0 fully saturated rings. The zero-order valence-electron chi connectivity index (χ0n) is 18.8. The first-order valence-corrected chi connectivity index (χ1v) is 11.9. The fourth-order valence-electron chi connectivity index (χ4n) is 3.30. The molecule has 0 aliphatic carbocycles. The molecule has 3 aromatic heterocycles. The lowest BCUT2D eigenvalue weighted by Crippen LogP contribution is -2.29. The van der Waals surface area contributed by atoms with Gasteiger partial charge >= 0.3 is 6.01 Å². The molecule has 182 valence electrons. The van der Waals surface area contributed by atoms with Crippen molar-refractivity contribution in [1.82, 2.24) is 19.9 Å². The lowest BCUT2D eigenvalue weighted by Gasteiger charge is -2.11. The number of aliphatic hydroxyl groups excluding tert-OH is 1. The standard InChI is InChI=1S/C24H23ClN4O5S/c1-29-11-20(22(32)28-10-15-3-5-16(25)6-4-15)21(31)19-9-18(35-23(19)29)14-33-12-17(30)13-34-24-26-7-2-8-27-24/h2-9,11,17,30H,10,12-14H2,1H3,(H,28,32)/t17-/m1/s1. The molecule has 2 N–H and O–H groups in total. The van der Waals surface area contributed by atoms with Crippen molar-refractivity contribution < 1.29 is 19.4 Å². The summed E-state index contributed by atoms with van der Waals surface area (Å²) in [6, 6.07) is 10.7. The normalized spacial score (nSPS) is 12.0. The van der Waals surface area contributed by atoms with Crippen molar-refractivity contribution in [2.75, 3.05) is 13.2 Å². The Labute approximate surface area is 209 Å². The van der Waals surface area contributed by atoms with Gasteiger partial charge < -0.3 is 24.5 Å². The summed E-state index contributed by atoms with van der Waals surface area (Å²) in [4.78, 5) is 35.1. The third kappa shape index (κ3) is 6.43. The van der Waals surface area contributed by atoms with E-state index >= 15 is 0 Å². The number of pyridine rings is 1. The van der Waals surface area contributed by atoms with Crippen LogP contribution in [-0.4, -0.2) is 44.9 Å². The third-order valence-electron chi connectivity index (χ3n) is 5.01. The van der Waals surface area contributed by atoms with Gasteiger partial charge in [0.05, 0.1) is 18.6 Å². The van der Waals surface area contributed by atoms with E-state index in [1.54, 1.807) is 48.3 Å². The van der Waals surface area contributed by atoms with E-state index in [0.717, 1.165) is 15.3 Å². The van der Waals surface area contributed by atoms with Crippen molar-refractivity contribution in [1.29, 1.82) is 0 Å². The minimum Gasteiger partial charge on any atom is -0.461 e. The van der Waals surface area contributed by atoms with Crippen LogP contribution in [-0.2, 0) is 24.9 Å². The second kappa shape index (κ2) is 11.4. The molecule has 35 heavy (non-hydrogen) atoms. The summed E-state index contributed by atoms with van der Waals surface area (Å²) >= 11 is 7.28. The van der Waals surface area contributed by atoms with E-state index in [1.807, 2.05) is 12.1 Å². The number of amides is 1. The molecule has 1 amide bonds. The predicted molar refractivity (Wildman–Crippen MR) is 133 cm³/mol. The van der Waals surface area contributed by atoms with Gasteiger partial charge in [0.15, 0.2) is 0 Å². The third-order valence-corrected chi connectivity index (χ3v) is 6.46. The van der Waals surface area contributed by atoms with Gasteiger partial charge in [-0.25, -0.2) is 9.97 Å². The highest BCUT2D eigenvalue weighted by molar-refractivity contribution is 7.18. The summed E-state index contributed by atoms with van der Waals surface area (Å²) in [6.07, 6.45) is 3.77. The van der Waals surface area contributed by atoms with Crippen LogP contribution < -0.4 is 15.5 Å². The van der Waals surface area contributed by atoms with E-state index in [2.05, 4.69) is 15.3 Å². The van der Waals surface area contributed by atoms with Gasteiger partial charge in [0.2, 0.25) is 5.43 Å². The number of nitrogens with zero attached hydrogens (tertiary/aromatic N) is 3. The highest BCUT2D eigenvalue weighted by Crippen LogP contribution is 2.24. The van der Waals surface area contributed by atoms with E-state index in [0.29, 0.717) is 10.4 Å². The number of aryl methyl sites for hydroxylation is 1. The first kappa shape index (κ1) is 24.8. The Morgan fingerprint density at radius 2 is 1.97 bits per heavy atom. The van der Waals surface area contributed by atoms with Crippen LogP contribution >= 0.6 is 22.9 Å². The topological polar surface area (TPSA) is 116 Å². The second-order valence-corrected chi connectivity index (χ2v) is 9.29. The molecule has 3 heterocycles. The predicted octanol–water partition coefficient (Wildman–Crippen LogP) is 2.93. The zero-order chi connectivity index (χ0) is 24.8. The highest BCUT2D eigenvalue weighted by Gasteiger charge is 2.17. The van der Waals surface area contributed by atoms with Gasteiger partial charge in [-0.3, -0.25) is 9.59 Å². The molecule has 0 radical (unpaired) electrons. The van der Waals surface area contributed by atoms with Gasteiger partial charge in [0.1, 0.15) is 23.1 Å². The minimum absolute atomic E-state index is 0.00934. The Morgan fingerprint density at radius 1 is 1.23 bits per heavy atom. The van der Waals surface area contributed by atoms with Crippen LogP contribution in [0.1, 0.15) is 20.8 Å². The summed E-state index contributed by atoms with van der Waals surface area (Å²) in [5.41, 5.74) is 0.597. The molecule has 0 unspecified atom stereocenters. The highest BCUT2D eigenvalue weighted by atomic mass is 35.5. The van der Waals surface area contributed by atoms with E-state index in [1.165, 1.54) is 17.5 Å². The zero-order valence-corrected chi connectivity index (χ0v) is 20.4. The fourth-order valence-corrected chi connectivity index (χ4v) is 4.45. The Kier molecular flexibility index (Phi) is 8.09. The number of hydrogen-bond donors (Lipinski definition) is 2. The molecule has 0 saturated heterocycles. The SMILES string of the molecule is Cn1cc(C(=O)NCc2ccc(Cl)cc2)c(=O)c2cc(COC[C@@H](O)COc3ncccn3)sc21. The number of hydrogen-bond acceptors (Lipinski definition) is 8. The van der Waals surface area contributed by atoms with Crippen molar-refractivity contribution >= 4 is 39.1 Å². The number of aliphatic hydroxyl groups is 1. The maximum Gasteiger partial charge on any atom is 0.316 e. The van der Waals surface area contributed by atoms with Gasteiger partial charge in [-0.15, -0.1) is 11.3 Å². The molecule has 1 aromatic carbocycles. The van der Waals surface area contributed by atoms with Crippen LogP contribution in [0.3, 0.4) is 0 Å². The molecule has 0 saturated carbocycles. The van der Waals surface area contributed by atoms with Gasteiger partial charge in [-0.05, 0) is 29.8 Å². The number of nitrogens with one attached hydrogen (secondary N) is 1. The summed E-state index contributed by atoms with van der Waals surface area (Å²) in [5, 5.41) is 13.9. The Morgan fingerprint density at radius 3 is 2.71 bits per heavy atom. The maximum atomic E-state index is 13.0. The molecule has 0 spiro atoms. The summed E-state index contributed by atoms with van der Waals surface area (Å²) in [6.45, 7) is 0.512. The van der Waals surface area contributed by atoms with E-state index in [4.69, 9.17) is 21.1 Å². The van der Waals surface area contributed by atoms with Crippen LogP contribution in [0.15, 0.2) is 59.8 Å². The van der Waals surface area contributed by atoms with Gasteiger partial charge in [0.25, 0.3) is 5.91 Å². The fraction of sp³-hybridized carbons (Fsp3) is 0.250. The molecule has 11 heteroatoms. The number of rotatable bonds is 10. The monoisotopic (exact) mass is 514 g/mol. The van der Waals surface area contributed by atoms with E-state index < -0.39 is 12.0 Å². The number of aromatic nitrogens is 3. The van der Waals surface area contributed by atoms with Crippen molar-refractivity contribution in [2.45, 2.75) is 19.3 Å². The number of halogens is 1. The van der Waals surface area contributed by atoms with Crippen LogP contribution in [0.4, 0.5) is 0 Å². The van der Waals surface area contributed by atoms with E-state index in [9.17, 15) is 14.7 Å². The van der Waals surface area contributed by atoms with Crippen molar-refractivity contribution in [3.8, 4) is 6.01 Å². The Bertz CT molecular complexity index is 1360. The first-order valence-electron chi connectivity index (χ1n) is 10.7. The summed E-state index contributed by atoms with van der Waals surface area (Å²) < 4.78 is 12.6. The summed E-state index contributed by atoms with van der Waals surface area (Å²) in [5.74, 6) is -0.447. The molecule has 9 nitrogen and oxygen atoms in total. The van der Waals surface area contributed by atoms with Crippen LogP contribution in [0.5, 0.6) is 6.01 Å². The number of carbonyl (C=O) groups is 1. The van der Waals surface area contributed by atoms with Crippen molar-refractivity contribution in [3.05, 3.63) is 86.2 Å². The molecular formula is C24H23ClN4O5S. The maximum absolute atomic E-state index is 13.0. The second-order valence-electron chi connectivity index (χ2n) is 7.73. The molecule has 4 rings (SSSR count). The van der Waals surface area contributed by atoms with Crippen LogP contribution in [0.2, 0.25) is 5.02 Å². The average molecular weight is 515 g/mol. The van der Waals surface area contributed by atoms with Gasteiger partial charge in [-0.2, -0.15) is 0 Å². The molecule has 1 atom stereocenters. The molecule has 0 bridgehead atoms. The molecule has 4 aromatic rings. The number of carbonyl (C=O) groups excluding carboxylic acids is 1. The van der Waals surface area contributed by atoms with Gasteiger partial charge in [-0.1, -0.05) is 23.7 Å². The lowest BCUT2D eigenvalue weighted by molar-refractivity contribution is 0.00453. The number of ether oxygens (including phenoxy) is 2. The Balaban J connectivity index is 1.36. The largest absolute Gasteiger partial charge is 0.461 e. The molecule has 0 aliphatic heterocycles. The van der Waals surface area contributed by atoms with Crippen molar-refractivity contribution in [3.63, 3.8) is 0 Å². The number of thiophene rings is 1. The van der Waals surface area contributed by atoms with Crippen LogP contribution in [0, 0.1) is 0 Å². The smallest absolute Gasteiger partial charge is 0.316 e. The lowest BCUT2D eigenvalue weighted by atomic mass is 10.2. The first-order chi connectivity index (χ1) is 16.9. The number of benzene rings is 1. The number of fused-ring (bicyclic) bond motifs is 1. The van der Waals surface area contributed by atoms with Crippen molar-refractivity contribution in [2.24, 2.45) is 7.05 Å². The Hall–Kier alpha value is -3.31. The molecule has 0 aliphatic rings. The van der Waals surface area contributed by atoms with Gasteiger partial charge in [0, 0.05) is 42.1 Å². The average Bonchev–Trinajstić information content (AvgIpc) is 3.30.